The summed E-state index contributed by atoms with van der Waals surface area (Å²) in [7, 11) is 0. The van der Waals surface area contributed by atoms with Crippen LogP contribution in [-0.4, -0.2) is 25.1 Å². The molecule has 1 heterocycles. The quantitative estimate of drug-likeness (QED) is 0.176. The maximum atomic E-state index is 14.6. The minimum atomic E-state index is -0.319. The first kappa shape index (κ1) is 32.9. The second kappa shape index (κ2) is 15.6. The van der Waals surface area contributed by atoms with Crippen LogP contribution in [-0.2, 0) is 36.1 Å². The largest absolute Gasteiger partial charge is 0.370 e. The van der Waals surface area contributed by atoms with Crippen LogP contribution in [0.5, 0.6) is 0 Å². The molecule has 2 N–H and O–H groups in total. The third-order valence-corrected chi connectivity index (χ3v) is 8.78. The van der Waals surface area contributed by atoms with E-state index in [0.717, 1.165) is 75.8 Å². The van der Waals surface area contributed by atoms with Crippen LogP contribution in [0, 0.1) is 5.82 Å². The monoisotopic (exact) mass is 586 g/mol. The zero-order valence-corrected chi connectivity index (χ0v) is 26.9. The molecule has 43 heavy (non-hydrogen) atoms. The van der Waals surface area contributed by atoms with E-state index < -0.39 is 0 Å². The first-order chi connectivity index (χ1) is 20.8. The molecule has 1 aliphatic heterocycles. The maximum Gasteiger partial charge on any atom is 0.251 e. The van der Waals surface area contributed by atoms with Crippen LogP contribution in [0.2, 0.25) is 0 Å². The van der Waals surface area contributed by atoms with E-state index in [0.29, 0.717) is 12.0 Å². The van der Waals surface area contributed by atoms with Crippen molar-refractivity contribution in [1.29, 1.82) is 0 Å². The van der Waals surface area contributed by atoms with Gasteiger partial charge in [-0.1, -0.05) is 83.9 Å². The van der Waals surface area contributed by atoms with Crippen molar-refractivity contribution in [2.24, 2.45) is 0 Å². The summed E-state index contributed by atoms with van der Waals surface area (Å²) < 4.78 is 21.0. The summed E-state index contributed by atoms with van der Waals surface area (Å²) in [5, 5.41) is 6.88. The number of aryl methyl sites for hydroxylation is 1. The van der Waals surface area contributed by atoms with Crippen molar-refractivity contribution in [2.75, 3.05) is 13.2 Å². The number of carbonyl (C=O) groups excluding carboxylic acids is 1. The molecule has 0 aliphatic carbocycles. The van der Waals surface area contributed by atoms with Gasteiger partial charge in [-0.2, -0.15) is 0 Å². The second-order valence-electron chi connectivity index (χ2n) is 12.5. The number of carbonyl (C=O) groups is 1. The van der Waals surface area contributed by atoms with Crippen molar-refractivity contribution >= 4 is 5.91 Å². The molecule has 0 unspecified atom stereocenters. The summed E-state index contributed by atoms with van der Waals surface area (Å²) in [6.07, 6.45) is 7.15. The van der Waals surface area contributed by atoms with Gasteiger partial charge in [-0.25, -0.2) is 4.39 Å². The third kappa shape index (κ3) is 8.77. The van der Waals surface area contributed by atoms with Crippen LogP contribution in [0.1, 0.15) is 116 Å². The smallest absolute Gasteiger partial charge is 0.251 e. The topological polar surface area (TPSA) is 50.4 Å². The fourth-order valence-corrected chi connectivity index (χ4v) is 6.51. The van der Waals surface area contributed by atoms with Gasteiger partial charge in [0.15, 0.2) is 0 Å². The molecule has 0 aromatic heterocycles. The van der Waals surface area contributed by atoms with Crippen LogP contribution in [0.3, 0.4) is 0 Å². The lowest BCUT2D eigenvalue weighted by Gasteiger charge is -2.39. The first-order valence-corrected chi connectivity index (χ1v) is 16.4. The van der Waals surface area contributed by atoms with Crippen LogP contribution >= 0.6 is 0 Å². The lowest BCUT2D eigenvalue weighted by atomic mass is 9.79. The van der Waals surface area contributed by atoms with E-state index in [1.165, 1.54) is 22.3 Å². The van der Waals surface area contributed by atoms with Crippen molar-refractivity contribution in [3.05, 3.63) is 105 Å². The fourth-order valence-electron chi connectivity index (χ4n) is 6.51. The molecular formula is C38H51FN2O2. The molecule has 3 aromatic rings. The standard InChI is InChI=1S/C38H51FN2O2/c1-6-16-38(17-7-2)36-25-32(13-12-31(36)15-19-43-38)37(42)41-35(23-30-21-33(27(4)5)24-34(39)22-30)14-18-40-26-29-11-9-10-28(8-3)20-29/h9-13,20-22,24-25,27,35,40H,6-8,14-19,23,26H2,1-5H3,(H,41,42)/t35-/m1/s1. The predicted octanol–water partition coefficient (Wildman–Crippen LogP) is 8.40. The van der Waals surface area contributed by atoms with Crippen molar-refractivity contribution in [3.63, 3.8) is 0 Å². The molecule has 0 spiro atoms. The van der Waals surface area contributed by atoms with Gasteiger partial charge in [-0.15, -0.1) is 0 Å². The van der Waals surface area contributed by atoms with E-state index in [1.807, 2.05) is 6.07 Å². The number of amides is 1. The van der Waals surface area contributed by atoms with Gasteiger partial charge in [0, 0.05) is 18.2 Å². The minimum absolute atomic E-state index is 0.0867. The number of ether oxygens (including phenoxy) is 1. The predicted molar refractivity (Wildman–Crippen MR) is 175 cm³/mol. The van der Waals surface area contributed by atoms with Crippen molar-refractivity contribution in [3.8, 4) is 0 Å². The van der Waals surface area contributed by atoms with E-state index in [1.54, 1.807) is 12.1 Å². The Morgan fingerprint density at radius 1 is 0.953 bits per heavy atom. The van der Waals surface area contributed by atoms with E-state index in [9.17, 15) is 9.18 Å². The SMILES string of the molecule is CCCC1(CCC)OCCc2ccc(C(=O)N[C@H](CCNCc3cccc(CC)c3)Cc3cc(F)cc(C(C)C)c3)cc21. The van der Waals surface area contributed by atoms with Gasteiger partial charge in [-0.3, -0.25) is 4.79 Å². The van der Waals surface area contributed by atoms with Crippen LogP contribution in [0.15, 0.2) is 60.7 Å². The fraction of sp³-hybridized carbons (Fsp3) is 0.500. The van der Waals surface area contributed by atoms with Gasteiger partial charge in [0.2, 0.25) is 0 Å². The number of hydrogen-bond donors (Lipinski definition) is 2. The van der Waals surface area contributed by atoms with Gasteiger partial charge in [-0.05, 0) is 109 Å². The van der Waals surface area contributed by atoms with Gasteiger partial charge in [0.1, 0.15) is 5.82 Å². The molecule has 4 nitrogen and oxygen atoms in total. The molecule has 0 fully saturated rings. The van der Waals surface area contributed by atoms with Crippen molar-refractivity contribution in [1.82, 2.24) is 10.6 Å². The van der Waals surface area contributed by atoms with E-state index >= 15 is 0 Å². The van der Waals surface area contributed by atoms with E-state index in [2.05, 4.69) is 87.7 Å². The third-order valence-electron chi connectivity index (χ3n) is 8.78. The molecule has 5 heteroatoms. The molecule has 0 saturated heterocycles. The Morgan fingerprint density at radius 3 is 2.44 bits per heavy atom. The Bertz CT molecular complexity index is 1350. The normalized spacial score (nSPS) is 14.9. The summed E-state index contributed by atoms with van der Waals surface area (Å²) in [5.74, 6) is -0.0817. The summed E-state index contributed by atoms with van der Waals surface area (Å²) in [4.78, 5) is 13.8. The number of fused-ring (bicyclic) bond motifs is 1. The molecule has 1 atom stereocenters. The van der Waals surface area contributed by atoms with Crippen LogP contribution < -0.4 is 10.6 Å². The zero-order chi connectivity index (χ0) is 30.8. The van der Waals surface area contributed by atoms with Gasteiger partial charge in [0.05, 0.1) is 12.2 Å². The van der Waals surface area contributed by atoms with E-state index in [-0.39, 0.29) is 29.3 Å². The summed E-state index contributed by atoms with van der Waals surface area (Å²) in [5.41, 5.74) is 7.28. The molecule has 1 amide bonds. The van der Waals surface area contributed by atoms with Crippen molar-refractivity contribution < 1.29 is 13.9 Å². The second-order valence-corrected chi connectivity index (χ2v) is 12.5. The van der Waals surface area contributed by atoms with Crippen molar-refractivity contribution in [2.45, 2.75) is 110 Å². The van der Waals surface area contributed by atoms with Gasteiger partial charge < -0.3 is 15.4 Å². The Balaban J connectivity index is 1.53. The van der Waals surface area contributed by atoms with Gasteiger partial charge >= 0.3 is 0 Å². The lowest BCUT2D eigenvalue weighted by molar-refractivity contribution is -0.0736. The zero-order valence-electron chi connectivity index (χ0n) is 26.9. The highest BCUT2D eigenvalue weighted by Gasteiger charge is 2.36. The Morgan fingerprint density at radius 2 is 1.72 bits per heavy atom. The maximum absolute atomic E-state index is 14.6. The molecule has 232 valence electrons. The average Bonchev–Trinajstić information content (AvgIpc) is 2.99. The Hall–Kier alpha value is -3.02. The number of halogens is 1. The molecule has 3 aromatic carbocycles. The van der Waals surface area contributed by atoms with Crippen LogP contribution in [0.4, 0.5) is 4.39 Å². The number of nitrogens with one attached hydrogen (secondary N) is 2. The number of benzene rings is 3. The highest BCUT2D eigenvalue weighted by atomic mass is 19.1. The molecular weight excluding hydrogens is 535 g/mol. The Labute approximate surface area is 258 Å². The van der Waals surface area contributed by atoms with Gasteiger partial charge in [0.25, 0.3) is 5.91 Å². The summed E-state index contributed by atoms with van der Waals surface area (Å²) in [6, 6.07) is 19.9. The molecule has 0 bridgehead atoms. The molecule has 0 saturated carbocycles. The lowest BCUT2D eigenvalue weighted by Crippen LogP contribution is -2.39. The Kier molecular flexibility index (Phi) is 12.0. The highest BCUT2D eigenvalue weighted by Crippen LogP contribution is 2.41. The molecule has 1 aliphatic rings. The van der Waals surface area contributed by atoms with Crippen LogP contribution in [0.25, 0.3) is 0 Å². The molecule has 4 rings (SSSR count). The number of hydrogen-bond acceptors (Lipinski definition) is 3. The highest BCUT2D eigenvalue weighted by molar-refractivity contribution is 5.94. The minimum Gasteiger partial charge on any atom is -0.370 e. The number of rotatable bonds is 15. The average molecular weight is 587 g/mol. The molecule has 0 radical (unpaired) electrons. The summed E-state index contributed by atoms with van der Waals surface area (Å²) >= 11 is 0. The first-order valence-electron chi connectivity index (χ1n) is 16.4. The van der Waals surface area contributed by atoms with E-state index in [4.69, 9.17) is 4.74 Å². The summed E-state index contributed by atoms with van der Waals surface area (Å²) in [6.45, 7) is 12.9.